The lowest BCUT2D eigenvalue weighted by molar-refractivity contribution is -0.123. The number of carbonyl (C=O) groups is 1. The zero-order valence-electron chi connectivity index (χ0n) is 11.3. The second-order valence-electron chi connectivity index (χ2n) is 5.48. The second kappa shape index (κ2) is 5.40. The number of rotatable bonds is 2. The van der Waals surface area contributed by atoms with Crippen LogP contribution in [0.4, 0.5) is 10.1 Å². The van der Waals surface area contributed by atoms with Crippen molar-refractivity contribution in [1.82, 2.24) is 0 Å². The molecule has 5 heteroatoms. The summed E-state index contributed by atoms with van der Waals surface area (Å²) < 4.78 is 18.7. The third kappa shape index (κ3) is 2.26. The molecule has 1 aliphatic carbocycles. The van der Waals surface area contributed by atoms with E-state index < -0.39 is 0 Å². The summed E-state index contributed by atoms with van der Waals surface area (Å²) in [6.45, 7) is 1.48. The molecule has 0 spiro atoms. The van der Waals surface area contributed by atoms with E-state index in [1.165, 1.54) is 12.1 Å². The van der Waals surface area contributed by atoms with Crippen molar-refractivity contribution in [3.8, 4) is 5.75 Å². The van der Waals surface area contributed by atoms with Gasteiger partial charge in [-0.1, -0.05) is 6.42 Å². The summed E-state index contributed by atoms with van der Waals surface area (Å²) in [4.78, 5) is 14.5. The van der Waals surface area contributed by atoms with Crippen LogP contribution < -0.4 is 15.4 Å². The Hall–Kier alpha value is -1.62. The highest BCUT2D eigenvalue weighted by atomic mass is 19.1. The van der Waals surface area contributed by atoms with Gasteiger partial charge in [0.1, 0.15) is 18.2 Å². The maximum atomic E-state index is 13.2. The standard InChI is InChI=1S/C15H19FN2O2/c16-11-4-5-13-14(8-11)20-7-6-18(13)15(19)12-3-1-2-10(12)9-17/h4-5,8,10,12H,1-3,6-7,9,17H2/t10-,12-/m1/s1. The monoisotopic (exact) mass is 278 g/mol. The van der Waals surface area contributed by atoms with Gasteiger partial charge in [0.05, 0.1) is 12.2 Å². The molecule has 2 atom stereocenters. The Labute approximate surface area is 117 Å². The lowest BCUT2D eigenvalue weighted by Crippen LogP contribution is -2.43. The SMILES string of the molecule is NC[C@H]1CCC[C@H]1C(=O)N1CCOc2cc(F)ccc21. The Bertz CT molecular complexity index is 521. The number of hydrogen-bond acceptors (Lipinski definition) is 3. The van der Waals surface area contributed by atoms with Crippen molar-refractivity contribution >= 4 is 11.6 Å². The van der Waals surface area contributed by atoms with Crippen molar-refractivity contribution in [3.63, 3.8) is 0 Å². The predicted molar refractivity (Wildman–Crippen MR) is 74.1 cm³/mol. The molecule has 0 radical (unpaired) electrons. The molecule has 0 unspecified atom stereocenters. The van der Waals surface area contributed by atoms with Crippen LogP contribution in [0.15, 0.2) is 18.2 Å². The van der Waals surface area contributed by atoms with Crippen molar-refractivity contribution in [2.24, 2.45) is 17.6 Å². The maximum Gasteiger partial charge on any atom is 0.230 e. The zero-order chi connectivity index (χ0) is 14.1. The van der Waals surface area contributed by atoms with E-state index in [0.29, 0.717) is 31.1 Å². The molecule has 3 rings (SSSR count). The molecule has 2 aliphatic rings. The molecule has 1 saturated carbocycles. The van der Waals surface area contributed by atoms with Crippen LogP contribution >= 0.6 is 0 Å². The zero-order valence-corrected chi connectivity index (χ0v) is 11.3. The number of amides is 1. The first kappa shape index (κ1) is 13.4. The van der Waals surface area contributed by atoms with Gasteiger partial charge in [0.2, 0.25) is 5.91 Å². The highest BCUT2D eigenvalue weighted by Crippen LogP contribution is 2.37. The molecule has 4 nitrogen and oxygen atoms in total. The molecule has 0 bridgehead atoms. The quantitative estimate of drug-likeness (QED) is 0.899. The van der Waals surface area contributed by atoms with E-state index in [-0.39, 0.29) is 23.6 Å². The first-order chi connectivity index (χ1) is 9.70. The average molecular weight is 278 g/mol. The van der Waals surface area contributed by atoms with E-state index in [0.717, 1.165) is 19.3 Å². The van der Waals surface area contributed by atoms with Crippen molar-refractivity contribution < 1.29 is 13.9 Å². The third-order valence-electron chi connectivity index (χ3n) is 4.33. The highest BCUT2D eigenvalue weighted by Gasteiger charge is 2.36. The summed E-state index contributed by atoms with van der Waals surface area (Å²) in [5.74, 6) is 0.477. The molecule has 20 heavy (non-hydrogen) atoms. The first-order valence-corrected chi connectivity index (χ1v) is 7.14. The minimum atomic E-state index is -0.348. The van der Waals surface area contributed by atoms with Gasteiger partial charge < -0.3 is 15.4 Å². The minimum Gasteiger partial charge on any atom is -0.489 e. The Morgan fingerprint density at radius 3 is 3.10 bits per heavy atom. The van der Waals surface area contributed by atoms with Crippen LogP contribution in [-0.4, -0.2) is 25.6 Å². The van der Waals surface area contributed by atoms with Gasteiger partial charge in [0.15, 0.2) is 0 Å². The van der Waals surface area contributed by atoms with Crippen LogP contribution in [0.3, 0.4) is 0 Å². The molecule has 1 aliphatic heterocycles. The number of carbonyl (C=O) groups excluding carboxylic acids is 1. The van der Waals surface area contributed by atoms with Crippen LogP contribution in [-0.2, 0) is 4.79 Å². The summed E-state index contributed by atoms with van der Waals surface area (Å²) in [6.07, 6.45) is 2.97. The number of nitrogens with zero attached hydrogens (tertiary/aromatic N) is 1. The summed E-state index contributed by atoms with van der Waals surface area (Å²) in [6, 6.07) is 4.32. The molecular weight excluding hydrogens is 259 g/mol. The Morgan fingerprint density at radius 2 is 2.30 bits per heavy atom. The lowest BCUT2D eigenvalue weighted by atomic mass is 9.94. The van der Waals surface area contributed by atoms with Crippen LogP contribution in [0, 0.1) is 17.7 Å². The van der Waals surface area contributed by atoms with Gasteiger partial charge in [-0.05, 0) is 37.4 Å². The van der Waals surface area contributed by atoms with Crippen LogP contribution in [0.1, 0.15) is 19.3 Å². The number of anilines is 1. The fraction of sp³-hybridized carbons (Fsp3) is 0.533. The molecule has 1 aromatic rings. The number of nitrogens with two attached hydrogens (primary N) is 1. The maximum absolute atomic E-state index is 13.2. The van der Waals surface area contributed by atoms with E-state index in [1.807, 2.05) is 0 Å². The van der Waals surface area contributed by atoms with E-state index in [9.17, 15) is 9.18 Å². The van der Waals surface area contributed by atoms with E-state index in [1.54, 1.807) is 11.0 Å². The van der Waals surface area contributed by atoms with Gasteiger partial charge in [0.25, 0.3) is 0 Å². The Morgan fingerprint density at radius 1 is 1.45 bits per heavy atom. The average Bonchev–Trinajstić information content (AvgIpc) is 2.94. The van der Waals surface area contributed by atoms with Crippen molar-refractivity contribution in [2.45, 2.75) is 19.3 Å². The van der Waals surface area contributed by atoms with Gasteiger partial charge in [0, 0.05) is 12.0 Å². The largest absolute Gasteiger partial charge is 0.489 e. The Balaban J connectivity index is 1.87. The van der Waals surface area contributed by atoms with Crippen molar-refractivity contribution in [1.29, 1.82) is 0 Å². The molecule has 108 valence electrons. The first-order valence-electron chi connectivity index (χ1n) is 7.14. The summed E-state index contributed by atoms with van der Waals surface area (Å²) in [5, 5.41) is 0. The van der Waals surface area contributed by atoms with Gasteiger partial charge >= 0.3 is 0 Å². The molecule has 1 heterocycles. The number of halogens is 1. The van der Waals surface area contributed by atoms with Crippen molar-refractivity contribution in [2.75, 3.05) is 24.6 Å². The van der Waals surface area contributed by atoms with Gasteiger partial charge in [-0.25, -0.2) is 4.39 Å². The van der Waals surface area contributed by atoms with Gasteiger partial charge in [-0.15, -0.1) is 0 Å². The normalized spacial score (nSPS) is 25.2. The molecule has 1 fully saturated rings. The molecule has 1 amide bonds. The smallest absolute Gasteiger partial charge is 0.230 e. The van der Waals surface area contributed by atoms with E-state index >= 15 is 0 Å². The Kier molecular flexibility index (Phi) is 3.61. The fourth-order valence-corrected chi connectivity index (χ4v) is 3.27. The molecule has 2 N–H and O–H groups in total. The molecule has 0 aromatic heterocycles. The number of hydrogen-bond donors (Lipinski definition) is 1. The minimum absolute atomic E-state index is 0.00370. The number of fused-ring (bicyclic) bond motifs is 1. The third-order valence-corrected chi connectivity index (χ3v) is 4.33. The van der Waals surface area contributed by atoms with Gasteiger partial charge in [-0.3, -0.25) is 4.79 Å². The van der Waals surface area contributed by atoms with E-state index in [2.05, 4.69) is 0 Å². The molecule has 0 saturated heterocycles. The second-order valence-corrected chi connectivity index (χ2v) is 5.48. The molecule has 1 aromatic carbocycles. The van der Waals surface area contributed by atoms with E-state index in [4.69, 9.17) is 10.5 Å². The lowest BCUT2D eigenvalue weighted by Gasteiger charge is -2.32. The highest BCUT2D eigenvalue weighted by molar-refractivity contribution is 5.97. The van der Waals surface area contributed by atoms with Crippen LogP contribution in [0.2, 0.25) is 0 Å². The topological polar surface area (TPSA) is 55.6 Å². The summed E-state index contributed by atoms with van der Waals surface area (Å²) in [7, 11) is 0. The molecular formula is C15H19FN2O2. The number of ether oxygens (including phenoxy) is 1. The summed E-state index contributed by atoms with van der Waals surface area (Å²) >= 11 is 0. The van der Waals surface area contributed by atoms with Crippen LogP contribution in [0.5, 0.6) is 5.75 Å². The number of benzene rings is 1. The fourth-order valence-electron chi connectivity index (χ4n) is 3.27. The van der Waals surface area contributed by atoms with Gasteiger partial charge in [-0.2, -0.15) is 0 Å². The van der Waals surface area contributed by atoms with Crippen LogP contribution in [0.25, 0.3) is 0 Å². The predicted octanol–water partition coefficient (Wildman–Crippen LogP) is 1.93. The summed E-state index contributed by atoms with van der Waals surface area (Å²) in [5.41, 5.74) is 6.43. The van der Waals surface area contributed by atoms with Crippen molar-refractivity contribution in [3.05, 3.63) is 24.0 Å².